The lowest BCUT2D eigenvalue weighted by atomic mass is 9.67. The molecule has 2 aliphatic carbocycles. The van der Waals surface area contributed by atoms with Crippen LogP contribution in [-0.2, 0) is 11.0 Å². The van der Waals surface area contributed by atoms with Gasteiger partial charge in [-0.1, -0.05) is 31.1 Å². The predicted octanol–water partition coefficient (Wildman–Crippen LogP) is 3.98. The summed E-state index contributed by atoms with van der Waals surface area (Å²) in [5.74, 6) is -0.281. The van der Waals surface area contributed by atoms with Gasteiger partial charge >= 0.3 is 6.18 Å². The number of carbonyl (C=O) groups excluding carboxylic acids is 1. The van der Waals surface area contributed by atoms with E-state index in [0.29, 0.717) is 17.6 Å². The molecular formula is C17H17F3O2. The van der Waals surface area contributed by atoms with E-state index in [9.17, 15) is 23.1 Å². The summed E-state index contributed by atoms with van der Waals surface area (Å²) in [5.41, 5.74) is -0.768. The highest BCUT2D eigenvalue weighted by molar-refractivity contribution is 6.21. The quantitative estimate of drug-likeness (QED) is 0.852. The fourth-order valence-electron chi connectivity index (χ4n) is 3.47. The van der Waals surface area contributed by atoms with Crippen molar-refractivity contribution in [3.05, 3.63) is 41.5 Å². The molecule has 1 fully saturated rings. The van der Waals surface area contributed by atoms with Crippen LogP contribution in [-0.4, -0.2) is 16.5 Å². The van der Waals surface area contributed by atoms with Crippen molar-refractivity contribution < 1.29 is 23.1 Å². The Kier molecular flexibility index (Phi) is 3.63. The minimum absolute atomic E-state index is 0.0600. The highest BCUT2D eigenvalue weighted by Gasteiger charge is 2.43. The number of hydrogen-bond acceptors (Lipinski definition) is 2. The molecular weight excluding hydrogens is 293 g/mol. The van der Waals surface area contributed by atoms with E-state index in [0.717, 1.165) is 31.4 Å². The summed E-state index contributed by atoms with van der Waals surface area (Å²) in [6.45, 7) is 0. The van der Waals surface area contributed by atoms with Crippen molar-refractivity contribution in [2.45, 2.75) is 43.9 Å². The van der Waals surface area contributed by atoms with Crippen LogP contribution in [0.3, 0.4) is 0 Å². The Labute approximate surface area is 126 Å². The Morgan fingerprint density at radius 2 is 1.82 bits per heavy atom. The first-order chi connectivity index (χ1) is 10.3. The van der Waals surface area contributed by atoms with Gasteiger partial charge in [-0.15, -0.1) is 0 Å². The maximum Gasteiger partial charge on any atom is 0.416 e. The molecule has 5 heteroatoms. The fraction of sp³-hybridized carbons (Fsp3) is 0.471. The van der Waals surface area contributed by atoms with Crippen LogP contribution in [0.5, 0.6) is 0 Å². The number of aliphatic hydroxyl groups is 1. The van der Waals surface area contributed by atoms with Crippen LogP contribution in [0, 0.1) is 5.92 Å². The first-order valence-corrected chi connectivity index (χ1v) is 7.45. The number of halogens is 3. The van der Waals surface area contributed by atoms with Crippen molar-refractivity contribution in [1.29, 1.82) is 0 Å². The molecule has 0 aliphatic heterocycles. The Bertz CT molecular complexity index is 616. The zero-order valence-corrected chi connectivity index (χ0v) is 12.0. The van der Waals surface area contributed by atoms with Gasteiger partial charge in [0, 0.05) is 17.9 Å². The zero-order valence-electron chi connectivity index (χ0n) is 12.0. The average molecular weight is 310 g/mol. The van der Waals surface area contributed by atoms with E-state index >= 15 is 0 Å². The maximum absolute atomic E-state index is 12.6. The molecule has 1 unspecified atom stereocenters. The Morgan fingerprint density at radius 1 is 1.14 bits per heavy atom. The van der Waals surface area contributed by atoms with Crippen LogP contribution < -0.4 is 0 Å². The second kappa shape index (κ2) is 5.23. The van der Waals surface area contributed by atoms with Gasteiger partial charge in [0.05, 0.1) is 11.2 Å². The minimum Gasteiger partial charge on any atom is -0.389 e. The summed E-state index contributed by atoms with van der Waals surface area (Å²) in [6.07, 6.45) is 0.765. The Hall–Kier alpha value is -1.62. The van der Waals surface area contributed by atoms with E-state index < -0.39 is 17.3 Å². The number of ketones is 1. The van der Waals surface area contributed by atoms with Gasteiger partial charge in [0.15, 0.2) is 5.78 Å². The molecule has 0 radical (unpaired) electrons. The standard InChI is InChI=1S/C17H17F3O2/c18-17(19,20)12-6-4-11(5-7-12)14-9-13-3-1-2-8-16(13,22)10-15(14)21/h4-7,9,13,22H,1-3,8,10H2/t13?,16-/m0/s1. The molecule has 0 bridgehead atoms. The zero-order chi connectivity index (χ0) is 16.0. The molecule has 2 atom stereocenters. The molecule has 2 nitrogen and oxygen atoms in total. The van der Waals surface area contributed by atoms with Gasteiger partial charge in [-0.3, -0.25) is 4.79 Å². The third-order valence-electron chi connectivity index (χ3n) is 4.72. The van der Waals surface area contributed by atoms with E-state index in [1.165, 1.54) is 12.1 Å². The van der Waals surface area contributed by atoms with Crippen molar-refractivity contribution >= 4 is 11.4 Å². The van der Waals surface area contributed by atoms with E-state index in [-0.39, 0.29) is 18.1 Å². The number of alkyl halides is 3. The second-order valence-electron chi connectivity index (χ2n) is 6.21. The van der Waals surface area contributed by atoms with Crippen molar-refractivity contribution in [2.75, 3.05) is 0 Å². The van der Waals surface area contributed by atoms with E-state index in [2.05, 4.69) is 0 Å². The molecule has 0 spiro atoms. The van der Waals surface area contributed by atoms with Crippen molar-refractivity contribution in [1.82, 2.24) is 0 Å². The third-order valence-corrected chi connectivity index (χ3v) is 4.72. The molecule has 3 rings (SSSR count). The molecule has 1 aromatic carbocycles. The average Bonchev–Trinajstić information content (AvgIpc) is 2.45. The van der Waals surface area contributed by atoms with Gasteiger partial charge in [-0.05, 0) is 30.5 Å². The monoisotopic (exact) mass is 310 g/mol. The number of rotatable bonds is 1. The number of benzene rings is 1. The van der Waals surface area contributed by atoms with Gasteiger partial charge in [0.25, 0.3) is 0 Å². The lowest BCUT2D eigenvalue weighted by molar-refractivity contribution is -0.137. The molecule has 0 amide bonds. The van der Waals surface area contributed by atoms with Crippen molar-refractivity contribution in [3.63, 3.8) is 0 Å². The fourth-order valence-corrected chi connectivity index (χ4v) is 3.47. The molecule has 1 saturated carbocycles. The van der Waals surface area contributed by atoms with Gasteiger partial charge in [-0.25, -0.2) is 0 Å². The summed E-state index contributed by atoms with van der Waals surface area (Å²) in [6, 6.07) is 4.65. The van der Waals surface area contributed by atoms with Gasteiger partial charge in [0.2, 0.25) is 0 Å². The van der Waals surface area contributed by atoms with Gasteiger partial charge in [0.1, 0.15) is 0 Å². The molecule has 1 N–H and O–H groups in total. The summed E-state index contributed by atoms with van der Waals surface area (Å²) in [4.78, 5) is 12.3. The molecule has 1 aromatic rings. The van der Waals surface area contributed by atoms with Gasteiger partial charge < -0.3 is 5.11 Å². The highest BCUT2D eigenvalue weighted by Crippen LogP contribution is 2.43. The number of Topliss-reactive ketones (excluding diaryl/α,β-unsaturated/α-hetero) is 1. The lowest BCUT2D eigenvalue weighted by Crippen LogP contribution is -2.44. The smallest absolute Gasteiger partial charge is 0.389 e. The number of carbonyl (C=O) groups is 1. The summed E-state index contributed by atoms with van der Waals surface area (Å²) in [5, 5.41) is 10.6. The summed E-state index contributed by atoms with van der Waals surface area (Å²) in [7, 11) is 0. The van der Waals surface area contributed by atoms with Crippen LogP contribution in [0.2, 0.25) is 0 Å². The number of fused-ring (bicyclic) bond motifs is 1. The summed E-state index contributed by atoms with van der Waals surface area (Å²) < 4.78 is 37.8. The van der Waals surface area contributed by atoms with Crippen LogP contribution in [0.1, 0.15) is 43.2 Å². The van der Waals surface area contributed by atoms with Crippen molar-refractivity contribution in [3.8, 4) is 0 Å². The van der Waals surface area contributed by atoms with Gasteiger partial charge in [-0.2, -0.15) is 13.2 Å². The molecule has 118 valence electrons. The van der Waals surface area contributed by atoms with Crippen LogP contribution in [0.4, 0.5) is 13.2 Å². The number of allylic oxidation sites excluding steroid dienone is 1. The van der Waals surface area contributed by atoms with E-state index in [1.54, 1.807) is 6.08 Å². The predicted molar refractivity (Wildman–Crippen MR) is 76.0 cm³/mol. The Morgan fingerprint density at radius 3 is 2.45 bits per heavy atom. The molecule has 22 heavy (non-hydrogen) atoms. The topological polar surface area (TPSA) is 37.3 Å². The largest absolute Gasteiger partial charge is 0.416 e. The Balaban J connectivity index is 1.92. The third kappa shape index (κ3) is 2.70. The van der Waals surface area contributed by atoms with E-state index in [1.807, 2.05) is 0 Å². The molecule has 0 heterocycles. The minimum atomic E-state index is -4.38. The van der Waals surface area contributed by atoms with Crippen molar-refractivity contribution in [2.24, 2.45) is 5.92 Å². The molecule has 0 saturated heterocycles. The number of hydrogen-bond donors (Lipinski definition) is 1. The molecule has 2 aliphatic rings. The SMILES string of the molecule is O=C1C[C@@]2(O)CCCCC2C=C1c1ccc(C(F)(F)F)cc1. The highest BCUT2D eigenvalue weighted by atomic mass is 19.4. The normalized spacial score (nSPS) is 29.0. The van der Waals surface area contributed by atoms with Crippen LogP contribution in [0.25, 0.3) is 5.57 Å². The summed E-state index contributed by atoms with van der Waals surface area (Å²) >= 11 is 0. The second-order valence-corrected chi connectivity index (χ2v) is 6.21. The first kappa shape index (κ1) is 15.3. The van der Waals surface area contributed by atoms with Crippen LogP contribution >= 0.6 is 0 Å². The maximum atomic E-state index is 12.6. The van der Waals surface area contributed by atoms with Crippen LogP contribution in [0.15, 0.2) is 30.3 Å². The molecule has 0 aromatic heterocycles. The lowest BCUT2D eigenvalue weighted by Gasteiger charge is -2.41. The van der Waals surface area contributed by atoms with E-state index in [4.69, 9.17) is 0 Å². The first-order valence-electron chi connectivity index (χ1n) is 7.45.